The van der Waals surface area contributed by atoms with Crippen LogP contribution in [0.2, 0.25) is 0 Å². The number of hydrogen-bond donors (Lipinski definition) is 1. The van der Waals surface area contributed by atoms with E-state index in [4.69, 9.17) is 9.47 Å². The summed E-state index contributed by atoms with van der Waals surface area (Å²) in [5.74, 6) is 0. The van der Waals surface area contributed by atoms with Crippen LogP contribution >= 0.6 is 15.9 Å². The number of rotatable bonds is 4. The third kappa shape index (κ3) is 3.80. The molecule has 23 heavy (non-hydrogen) atoms. The van der Waals surface area contributed by atoms with E-state index in [0.717, 1.165) is 5.56 Å². The molecule has 0 aliphatic carbocycles. The highest BCUT2D eigenvalue weighted by Gasteiger charge is 2.21. The Morgan fingerprint density at radius 2 is 2.09 bits per heavy atom. The fraction of sp³-hybridized carbons (Fsp3) is 0.375. The number of nitrogens with zero attached hydrogens (tertiary/aromatic N) is 1. The topological polar surface area (TPSA) is 73.3 Å². The van der Waals surface area contributed by atoms with Crippen molar-refractivity contribution in [2.24, 2.45) is 0 Å². The summed E-state index contributed by atoms with van der Waals surface area (Å²) in [4.78, 5) is 25.8. The summed E-state index contributed by atoms with van der Waals surface area (Å²) in [5.41, 5.74) is 0.928. The van der Waals surface area contributed by atoms with E-state index in [1.54, 1.807) is 0 Å². The van der Waals surface area contributed by atoms with E-state index in [1.807, 2.05) is 30.3 Å². The molecule has 1 N–H and O–H groups in total. The third-order valence-corrected chi connectivity index (χ3v) is 4.62. The number of halogens is 1. The molecule has 6 nitrogen and oxygen atoms in total. The van der Waals surface area contributed by atoms with Gasteiger partial charge >= 0.3 is 5.69 Å². The zero-order chi connectivity index (χ0) is 16.2. The summed E-state index contributed by atoms with van der Waals surface area (Å²) in [7, 11) is 0. The zero-order valence-corrected chi connectivity index (χ0v) is 14.0. The van der Waals surface area contributed by atoms with Gasteiger partial charge in [-0.3, -0.25) is 14.3 Å². The minimum atomic E-state index is -0.445. The van der Waals surface area contributed by atoms with Crippen molar-refractivity contribution in [2.75, 3.05) is 6.61 Å². The number of aromatic nitrogens is 2. The molecule has 0 fully saturated rings. The first kappa shape index (κ1) is 16.2. The lowest BCUT2D eigenvalue weighted by atomic mass is 10.1. The van der Waals surface area contributed by atoms with Crippen LogP contribution < -0.4 is 11.2 Å². The maximum absolute atomic E-state index is 11.9. The number of benzene rings is 1. The van der Waals surface area contributed by atoms with E-state index < -0.39 is 11.2 Å². The summed E-state index contributed by atoms with van der Waals surface area (Å²) >= 11 is 3.25. The van der Waals surface area contributed by atoms with E-state index >= 15 is 0 Å². The molecule has 0 amide bonds. The predicted octanol–water partition coefficient (Wildman–Crippen LogP) is 1.80. The van der Waals surface area contributed by atoms with Crippen LogP contribution in [0.25, 0.3) is 0 Å². The number of ether oxygens (including phenoxy) is 2. The minimum Gasteiger partial charge on any atom is -0.374 e. The maximum Gasteiger partial charge on any atom is 0.330 e. The molecule has 0 bridgehead atoms. The molecular formula is C16H17BrN2O4. The van der Waals surface area contributed by atoms with Gasteiger partial charge in [0.05, 0.1) is 19.3 Å². The monoisotopic (exact) mass is 380 g/mol. The average Bonchev–Trinajstić information content (AvgIpc) is 2.77. The van der Waals surface area contributed by atoms with Crippen molar-refractivity contribution in [1.29, 1.82) is 0 Å². The quantitative estimate of drug-likeness (QED) is 0.877. The van der Waals surface area contributed by atoms with Crippen molar-refractivity contribution >= 4 is 15.9 Å². The van der Waals surface area contributed by atoms with E-state index in [0.29, 0.717) is 36.2 Å². The molecule has 0 saturated heterocycles. The molecule has 0 radical (unpaired) electrons. The van der Waals surface area contributed by atoms with Crippen LogP contribution in [0.15, 0.2) is 44.4 Å². The number of H-pyrrole nitrogens is 1. The molecule has 1 aromatic carbocycles. The van der Waals surface area contributed by atoms with Gasteiger partial charge < -0.3 is 9.47 Å². The second-order valence-corrected chi connectivity index (χ2v) is 6.20. The van der Waals surface area contributed by atoms with Crippen molar-refractivity contribution < 1.29 is 9.47 Å². The Kier molecular flexibility index (Phi) is 5.09. The molecule has 2 aromatic rings. The molecule has 3 rings (SSSR count). The normalized spacial score (nSPS) is 17.5. The Morgan fingerprint density at radius 1 is 1.30 bits per heavy atom. The largest absolute Gasteiger partial charge is 0.374 e. The fourth-order valence-corrected chi connectivity index (χ4v) is 3.06. The Labute approximate surface area is 141 Å². The lowest BCUT2D eigenvalue weighted by Crippen LogP contribution is -2.33. The number of nitrogens with one attached hydrogen (secondary N) is 1. The van der Waals surface area contributed by atoms with Crippen LogP contribution in [0.3, 0.4) is 0 Å². The van der Waals surface area contributed by atoms with Gasteiger partial charge in [0.2, 0.25) is 0 Å². The third-order valence-electron chi connectivity index (χ3n) is 3.80. The van der Waals surface area contributed by atoms with Gasteiger partial charge in [-0.2, -0.15) is 0 Å². The van der Waals surface area contributed by atoms with Crippen LogP contribution in [-0.4, -0.2) is 22.3 Å². The smallest absolute Gasteiger partial charge is 0.330 e. The second-order valence-electron chi connectivity index (χ2n) is 5.41. The van der Waals surface area contributed by atoms with Gasteiger partial charge in [-0.15, -0.1) is 0 Å². The molecule has 1 aromatic heterocycles. The SMILES string of the molecule is O=c1[nH]c(=O)n2c(c1Br)CCC(COCc1ccccc1)OC2. The Morgan fingerprint density at radius 3 is 2.87 bits per heavy atom. The van der Waals surface area contributed by atoms with Crippen LogP contribution in [0.4, 0.5) is 0 Å². The van der Waals surface area contributed by atoms with E-state index in [1.165, 1.54) is 4.57 Å². The van der Waals surface area contributed by atoms with Crippen LogP contribution in [0.5, 0.6) is 0 Å². The number of fused-ring (bicyclic) bond motifs is 1. The first-order chi connectivity index (χ1) is 11.1. The van der Waals surface area contributed by atoms with Gasteiger partial charge in [-0.25, -0.2) is 4.79 Å². The molecule has 7 heteroatoms. The lowest BCUT2D eigenvalue weighted by molar-refractivity contribution is -0.0470. The minimum absolute atomic E-state index is 0.111. The molecule has 0 spiro atoms. The molecule has 1 atom stereocenters. The van der Waals surface area contributed by atoms with Crippen molar-refractivity contribution in [3.05, 3.63) is 66.9 Å². The summed E-state index contributed by atoms with van der Waals surface area (Å²) in [6.07, 6.45) is 1.16. The molecule has 1 aliphatic heterocycles. The zero-order valence-electron chi connectivity index (χ0n) is 12.5. The molecular weight excluding hydrogens is 364 g/mol. The van der Waals surface area contributed by atoms with Crippen LogP contribution in [0, 0.1) is 0 Å². The summed E-state index contributed by atoms with van der Waals surface area (Å²) in [6.45, 7) is 1.09. The molecule has 1 aliphatic rings. The van der Waals surface area contributed by atoms with Gasteiger partial charge in [0, 0.05) is 5.69 Å². The van der Waals surface area contributed by atoms with Crippen molar-refractivity contribution in [1.82, 2.24) is 9.55 Å². The van der Waals surface area contributed by atoms with Crippen molar-refractivity contribution in [2.45, 2.75) is 32.3 Å². The summed E-state index contributed by atoms with van der Waals surface area (Å²) < 4.78 is 13.3. The highest BCUT2D eigenvalue weighted by atomic mass is 79.9. The molecule has 1 unspecified atom stereocenters. The van der Waals surface area contributed by atoms with E-state index in [2.05, 4.69) is 20.9 Å². The van der Waals surface area contributed by atoms with Gasteiger partial charge in [-0.05, 0) is 34.3 Å². The molecule has 122 valence electrons. The van der Waals surface area contributed by atoms with Crippen LogP contribution in [-0.2, 0) is 29.2 Å². The van der Waals surface area contributed by atoms with E-state index in [9.17, 15) is 9.59 Å². The number of aromatic amines is 1. The lowest BCUT2D eigenvalue weighted by Gasteiger charge is -2.15. The standard InChI is InChI=1S/C16H17BrN2O4/c17-14-13-7-6-12(9-22-8-11-4-2-1-3-5-11)23-10-19(13)16(21)18-15(14)20/h1-5,12H,6-10H2,(H,18,20,21). The number of hydrogen-bond acceptors (Lipinski definition) is 4. The van der Waals surface area contributed by atoms with Crippen molar-refractivity contribution in [3.8, 4) is 0 Å². The summed E-state index contributed by atoms with van der Waals surface area (Å²) in [6, 6.07) is 9.92. The maximum atomic E-state index is 11.9. The molecule has 2 heterocycles. The van der Waals surface area contributed by atoms with Gasteiger partial charge in [0.15, 0.2) is 0 Å². The van der Waals surface area contributed by atoms with Gasteiger partial charge in [0.25, 0.3) is 5.56 Å². The first-order valence-electron chi connectivity index (χ1n) is 7.40. The first-order valence-corrected chi connectivity index (χ1v) is 8.19. The average molecular weight is 381 g/mol. The fourth-order valence-electron chi connectivity index (χ4n) is 2.55. The van der Waals surface area contributed by atoms with Crippen molar-refractivity contribution in [3.63, 3.8) is 0 Å². The summed E-state index contributed by atoms with van der Waals surface area (Å²) in [5, 5.41) is 0. The van der Waals surface area contributed by atoms with Gasteiger partial charge in [-0.1, -0.05) is 30.3 Å². The predicted molar refractivity (Wildman–Crippen MR) is 88.3 cm³/mol. The Bertz CT molecular complexity index is 785. The molecule has 0 saturated carbocycles. The van der Waals surface area contributed by atoms with Crippen LogP contribution in [0.1, 0.15) is 17.7 Å². The Balaban J connectivity index is 1.62. The Hall–Kier alpha value is -1.70. The highest BCUT2D eigenvalue weighted by Crippen LogP contribution is 2.18. The highest BCUT2D eigenvalue weighted by molar-refractivity contribution is 9.10. The van der Waals surface area contributed by atoms with Gasteiger partial charge in [0.1, 0.15) is 11.2 Å². The second kappa shape index (κ2) is 7.25. The van der Waals surface area contributed by atoms with E-state index in [-0.39, 0.29) is 12.8 Å².